The number of rotatable bonds is 27. The Labute approximate surface area is 367 Å². The number of para-hydroxylation sites is 1. The van der Waals surface area contributed by atoms with Gasteiger partial charge in [0.15, 0.2) is 0 Å². The molecule has 7 unspecified atom stereocenters. The molecule has 63 heavy (non-hydrogen) atoms. The van der Waals surface area contributed by atoms with Gasteiger partial charge in [0.25, 0.3) is 0 Å². The highest BCUT2D eigenvalue weighted by Gasteiger charge is 2.35. The predicted molar refractivity (Wildman–Crippen MR) is 234 cm³/mol. The zero-order valence-electron chi connectivity index (χ0n) is 37.2. The lowest BCUT2D eigenvalue weighted by Gasteiger charge is -2.28. The maximum atomic E-state index is 13.8. The van der Waals surface area contributed by atoms with E-state index in [4.69, 9.17) is 17.2 Å². The molecular formula is C42H67N11O10. The summed E-state index contributed by atoms with van der Waals surface area (Å²) in [6, 6.07) is -1.22. The Morgan fingerprint density at radius 1 is 0.667 bits per heavy atom. The number of nitrogens with two attached hydrogens (primary N) is 3. The van der Waals surface area contributed by atoms with Crippen molar-refractivity contribution in [3.05, 3.63) is 36.0 Å². The minimum absolute atomic E-state index is 0.00143. The maximum Gasteiger partial charge on any atom is 0.326 e. The molecule has 0 spiro atoms. The van der Waals surface area contributed by atoms with Crippen LogP contribution in [0.15, 0.2) is 30.5 Å². The number of hydrogen-bond acceptors (Lipinski definition) is 11. The van der Waals surface area contributed by atoms with E-state index in [0.717, 1.165) is 10.9 Å². The van der Waals surface area contributed by atoms with Gasteiger partial charge in [-0.1, -0.05) is 59.7 Å². The average molecular weight is 886 g/mol. The fourth-order valence-electron chi connectivity index (χ4n) is 6.53. The molecule has 21 nitrogen and oxygen atoms in total. The normalized spacial score (nSPS) is 14.7. The van der Waals surface area contributed by atoms with Gasteiger partial charge in [0.1, 0.15) is 36.3 Å². The third kappa shape index (κ3) is 17.7. The molecule has 0 aliphatic carbocycles. The van der Waals surface area contributed by atoms with Crippen molar-refractivity contribution >= 4 is 64.1 Å². The third-order valence-electron chi connectivity index (χ3n) is 10.0. The number of aliphatic carboxylic acids is 1. The third-order valence-corrected chi connectivity index (χ3v) is 10.0. The van der Waals surface area contributed by atoms with Crippen molar-refractivity contribution in [1.29, 1.82) is 0 Å². The number of H-pyrrole nitrogens is 1. The molecule has 2 aromatic rings. The van der Waals surface area contributed by atoms with E-state index in [1.54, 1.807) is 33.9 Å². The van der Waals surface area contributed by atoms with Gasteiger partial charge in [0, 0.05) is 23.5 Å². The fraction of sp³-hybridized carbons (Fsp3) is 0.595. The first kappa shape index (κ1) is 53.0. The molecule has 0 aliphatic rings. The molecule has 0 fully saturated rings. The second kappa shape index (κ2) is 25.8. The van der Waals surface area contributed by atoms with Gasteiger partial charge in [-0.3, -0.25) is 38.4 Å². The zero-order chi connectivity index (χ0) is 47.6. The van der Waals surface area contributed by atoms with Crippen LogP contribution < -0.4 is 54.4 Å². The highest BCUT2D eigenvalue weighted by molar-refractivity contribution is 5.98. The molecule has 7 atom stereocenters. The van der Waals surface area contributed by atoms with Crippen LogP contribution in [0.4, 0.5) is 0 Å². The quantitative estimate of drug-likeness (QED) is 0.0458. The lowest BCUT2D eigenvalue weighted by Crippen LogP contribution is -2.60. The Hall–Kier alpha value is -6.09. The Morgan fingerprint density at radius 3 is 1.81 bits per heavy atom. The first-order valence-corrected chi connectivity index (χ1v) is 21.2. The summed E-state index contributed by atoms with van der Waals surface area (Å²) in [5.74, 6) is -8.78. The molecule has 0 aliphatic heterocycles. The second-order valence-electron chi connectivity index (χ2n) is 16.8. The van der Waals surface area contributed by atoms with E-state index in [9.17, 15) is 48.3 Å². The molecule has 0 bridgehead atoms. The number of carbonyl (C=O) groups is 9. The number of carboxylic acids is 1. The summed E-state index contributed by atoms with van der Waals surface area (Å²) in [5.41, 5.74) is 18.2. The first-order valence-electron chi connectivity index (χ1n) is 21.2. The minimum atomic E-state index is -1.57. The summed E-state index contributed by atoms with van der Waals surface area (Å²) in [6.07, 6.45) is 2.24. The van der Waals surface area contributed by atoms with E-state index in [0.29, 0.717) is 18.4 Å². The van der Waals surface area contributed by atoms with Crippen LogP contribution in [-0.2, 0) is 49.6 Å². The Bertz CT molecular complexity index is 1910. The summed E-state index contributed by atoms with van der Waals surface area (Å²) in [7, 11) is 0. The van der Waals surface area contributed by atoms with Crippen molar-refractivity contribution in [3.8, 4) is 0 Å². The fourth-order valence-corrected chi connectivity index (χ4v) is 6.53. The van der Waals surface area contributed by atoms with Crippen LogP contribution in [0.5, 0.6) is 0 Å². The van der Waals surface area contributed by atoms with Crippen LogP contribution in [0.2, 0.25) is 0 Å². The average Bonchev–Trinajstić information content (AvgIpc) is 3.61. The number of unbranched alkanes of at least 4 members (excludes halogenated alkanes) is 1. The number of benzene rings is 1. The number of amides is 8. The van der Waals surface area contributed by atoms with E-state index in [1.165, 1.54) is 6.92 Å². The molecular weight excluding hydrogens is 819 g/mol. The molecule has 1 heterocycles. The molecule has 0 saturated carbocycles. The van der Waals surface area contributed by atoms with Gasteiger partial charge < -0.3 is 64.5 Å². The Balaban J connectivity index is 2.29. The van der Waals surface area contributed by atoms with E-state index in [2.05, 4.69) is 42.2 Å². The van der Waals surface area contributed by atoms with Crippen LogP contribution >= 0.6 is 0 Å². The molecule has 350 valence electrons. The SMILES string of the molecule is CC(C)CC(NC(=O)C(C)N)C(=O)NC(Cc1c[nH]c2ccccc12)C(=O)NCC(=O)NC(CCCCN)C(=O)NC(C(=O)NC(CC(N)=O)C(=O)NC(C(=O)O)C(C)C)C(C)C. The Kier molecular flexibility index (Phi) is 21.7. The highest BCUT2D eigenvalue weighted by Crippen LogP contribution is 2.20. The number of aromatic nitrogens is 1. The van der Waals surface area contributed by atoms with Crippen molar-refractivity contribution in [2.75, 3.05) is 13.1 Å². The molecule has 0 radical (unpaired) electrons. The predicted octanol–water partition coefficient (Wildman–Crippen LogP) is -1.47. The topological polar surface area (TPSA) is 352 Å². The monoisotopic (exact) mass is 886 g/mol. The summed E-state index contributed by atoms with van der Waals surface area (Å²) >= 11 is 0. The van der Waals surface area contributed by atoms with Gasteiger partial charge in [0.05, 0.1) is 19.0 Å². The molecule has 2 rings (SSSR count). The lowest BCUT2D eigenvalue weighted by atomic mass is 10.0. The van der Waals surface area contributed by atoms with Crippen LogP contribution in [0.1, 0.15) is 86.1 Å². The van der Waals surface area contributed by atoms with Crippen LogP contribution in [0.3, 0.4) is 0 Å². The van der Waals surface area contributed by atoms with Crippen molar-refractivity contribution in [1.82, 2.24) is 42.2 Å². The van der Waals surface area contributed by atoms with Gasteiger partial charge in [-0.25, -0.2) is 4.79 Å². The molecule has 1 aromatic carbocycles. The van der Waals surface area contributed by atoms with Crippen LogP contribution in [-0.4, -0.2) is 119 Å². The number of nitrogens with one attached hydrogen (secondary N) is 8. The number of fused-ring (bicyclic) bond motifs is 1. The lowest BCUT2D eigenvalue weighted by molar-refractivity contribution is -0.143. The smallest absolute Gasteiger partial charge is 0.326 e. The molecule has 1 aromatic heterocycles. The van der Waals surface area contributed by atoms with Crippen molar-refractivity contribution < 1.29 is 48.3 Å². The summed E-state index contributed by atoms with van der Waals surface area (Å²) in [6.45, 7) is 11.2. The molecule has 15 N–H and O–H groups in total. The second-order valence-corrected chi connectivity index (χ2v) is 16.8. The molecule has 8 amide bonds. The maximum absolute atomic E-state index is 13.8. The van der Waals surface area contributed by atoms with Gasteiger partial charge in [0.2, 0.25) is 47.3 Å². The molecule has 0 saturated heterocycles. The number of carboxylic acid groups (broad SMARTS) is 1. The van der Waals surface area contributed by atoms with Gasteiger partial charge in [-0.2, -0.15) is 0 Å². The van der Waals surface area contributed by atoms with Crippen molar-refractivity contribution in [3.63, 3.8) is 0 Å². The van der Waals surface area contributed by atoms with E-state index in [-0.39, 0.29) is 31.7 Å². The number of aromatic amines is 1. The number of hydrogen-bond donors (Lipinski definition) is 12. The van der Waals surface area contributed by atoms with E-state index in [1.807, 2.05) is 38.1 Å². The van der Waals surface area contributed by atoms with Crippen molar-refractivity contribution in [2.45, 2.75) is 129 Å². The Morgan fingerprint density at radius 2 is 1.24 bits per heavy atom. The van der Waals surface area contributed by atoms with Gasteiger partial charge >= 0.3 is 5.97 Å². The van der Waals surface area contributed by atoms with Crippen LogP contribution in [0.25, 0.3) is 10.9 Å². The first-order chi connectivity index (χ1) is 29.5. The number of primary amides is 1. The van der Waals surface area contributed by atoms with E-state index < -0.39 is 120 Å². The van der Waals surface area contributed by atoms with Gasteiger partial charge in [-0.15, -0.1) is 0 Å². The molecule has 21 heteroatoms. The van der Waals surface area contributed by atoms with Gasteiger partial charge in [-0.05, 0) is 68.5 Å². The zero-order valence-corrected chi connectivity index (χ0v) is 37.2. The van der Waals surface area contributed by atoms with Crippen LogP contribution in [0, 0.1) is 17.8 Å². The van der Waals surface area contributed by atoms with E-state index >= 15 is 0 Å². The summed E-state index contributed by atoms with van der Waals surface area (Å²) in [4.78, 5) is 121. The highest BCUT2D eigenvalue weighted by atomic mass is 16.4. The van der Waals surface area contributed by atoms with Crippen molar-refractivity contribution in [2.24, 2.45) is 35.0 Å². The summed E-state index contributed by atoms with van der Waals surface area (Å²) < 4.78 is 0. The minimum Gasteiger partial charge on any atom is -0.480 e. The number of carbonyl (C=O) groups excluding carboxylic acids is 8. The summed E-state index contributed by atoms with van der Waals surface area (Å²) in [5, 5.41) is 28.1. The standard InChI is InChI=1S/C42H67N11O10/c1-21(2)16-29(49-36(56)24(7)44)39(59)50-30(17-25-19-46-27-13-9-8-12-26(25)27)37(57)47-20-33(55)48-28(14-10-11-15-43)38(58)52-34(22(3)4)41(61)51-31(18-32(45)54)40(60)53-35(23(5)6)42(62)63/h8-9,12-13,19,21-24,28-31,34-35,46H,10-11,14-18,20,43-44H2,1-7H3,(H2,45,54)(H,47,57)(H,48,55)(H,49,56)(H,50,59)(H,51,61)(H,52,58)(H,53,60)(H,62,63). The largest absolute Gasteiger partial charge is 0.480 e.